The summed E-state index contributed by atoms with van der Waals surface area (Å²) < 4.78 is 33.0. The van der Waals surface area contributed by atoms with Gasteiger partial charge in [0.05, 0.1) is 10.5 Å². The van der Waals surface area contributed by atoms with E-state index in [0.29, 0.717) is 28.3 Å². The molecule has 0 spiro atoms. The minimum atomic E-state index is -4.09. The Hall–Kier alpha value is -3.04. The fourth-order valence-corrected chi connectivity index (χ4v) is 5.70. The molecular weight excluding hydrogens is 448 g/mol. The lowest BCUT2D eigenvalue weighted by molar-refractivity contribution is -0.121. The largest absolute Gasteiger partial charge is 0.483 e. The second-order valence-electron chi connectivity index (χ2n) is 7.84. The molecule has 1 heterocycles. The Morgan fingerprint density at radius 3 is 2.75 bits per heavy atom. The van der Waals surface area contributed by atoms with Gasteiger partial charge in [0.2, 0.25) is 0 Å². The maximum atomic E-state index is 12.7. The van der Waals surface area contributed by atoms with Crippen LogP contribution in [0.25, 0.3) is 10.6 Å². The minimum Gasteiger partial charge on any atom is -0.483 e. The quantitative estimate of drug-likeness (QED) is 0.584. The first-order valence-electron chi connectivity index (χ1n) is 10.0. The van der Waals surface area contributed by atoms with Crippen LogP contribution in [0.1, 0.15) is 46.4 Å². The van der Waals surface area contributed by atoms with Gasteiger partial charge in [-0.05, 0) is 49.1 Å². The van der Waals surface area contributed by atoms with Crippen molar-refractivity contribution in [3.8, 4) is 16.3 Å². The molecular formula is C23H22N2O5S2. The van der Waals surface area contributed by atoms with Gasteiger partial charge in [0.1, 0.15) is 10.8 Å². The van der Waals surface area contributed by atoms with Gasteiger partial charge >= 0.3 is 0 Å². The summed E-state index contributed by atoms with van der Waals surface area (Å²) in [5, 5.41) is 2.57. The Labute approximate surface area is 190 Å². The average molecular weight is 471 g/mol. The zero-order valence-electron chi connectivity index (χ0n) is 17.8. The van der Waals surface area contributed by atoms with Crippen LogP contribution in [0.4, 0.5) is 0 Å². The third kappa shape index (κ3) is 4.31. The zero-order chi connectivity index (χ0) is 23.0. The van der Waals surface area contributed by atoms with E-state index in [0.717, 1.165) is 16.8 Å². The molecule has 1 aliphatic carbocycles. The summed E-state index contributed by atoms with van der Waals surface area (Å²) in [7, 11) is -4.09. The van der Waals surface area contributed by atoms with Gasteiger partial charge in [0.25, 0.3) is 15.9 Å². The van der Waals surface area contributed by atoms with E-state index in [2.05, 4.69) is 4.98 Å². The molecule has 0 fully saturated rings. The Bertz CT molecular complexity index is 1330. The predicted molar refractivity (Wildman–Crippen MR) is 122 cm³/mol. The maximum absolute atomic E-state index is 12.7. The Kier molecular flexibility index (Phi) is 5.87. The highest BCUT2D eigenvalue weighted by Gasteiger charge is 2.31. The summed E-state index contributed by atoms with van der Waals surface area (Å²) in [4.78, 5) is 29.1. The molecule has 2 aromatic carbocycles. The summed E-state index contributed by atoms with van der Waals surface area (Å²) in [5.41, 5.74) is 3.90. The Balaban J connectivity index is 1.48. The Morgan fingerprint density at radius 1 is 1.25 bits per heavy atom. The summed E-state index contributed by atoms with van der Waals surface area (Å²) in [6.45, 7) is 5.24. The standard InChI is InChI=1S/C23H22N2O5S2/c1-13-7-8-19(22-18(26)9-14(2)21(13)22)30-11-20(27)25-32(28,29)17-6-4-5-16(10-17)23-24-15(3)12-31-23/h4-8,10,12,14H,9,11H2,1-3H3,(H,25,27). The van der Waals surface area contributed by atoms with Crippen LogP contribution in [-0.4, -0.2) is 31.7 Å². The van der Waals surface area contributed by atoms with Gasteiger partial charge in [-0.2, -0.15) is 0 Å². The van der Waals surface area contributed by atoms with Crippen LogP contribution in [0.3, 0.4) is 0 Å². The Morgan fingerprint density at radius 2 is 2.03 bits per heavy atom. The van der Waals surface area contributed by atoms with Crippen molar-refractivity contribution in [3.63, 3.8) is 0 Å². The zero-order valence-corrected chi connectivity index (χ0v) is 19.5. The van der Waals surface area contributed by atoms with Gasteiger partial charge in [0.15, 0.2) is 12.4 Å². The van der Waals surface area contributed by atoms with Gasteiger partial charge in [-0.15, -0.1) is 11.3 Å². The molecule has 1 amide bonds. The SMILES string of the molecule is Cc1csc(-c2cccc(S(=O)(=O)NC(=O)COc3ccc(C)c4c3C(=O)CC4C)c2)n1. The number of hydrogen-bond acceptors (Lipinski definition) is 7. The van der Waals surface area contributed by atoms with E-state index in [1.54, 1.807) is 18.2 Å². The van der Waals surface area contributed by atoms with E-state index >= 15 is 0 Å². The van der Waals surface area contributed by atoms with Gasteiger partial charge < -0.3 is 4.74 Å². The van der Waals surface area contributed by atoms with Crippen LogP contribution in [0, 0.1) is 13.8 Å². The minimum absolute atomic E-state index is 0.0338. The molecule has 9 heteroatoms. The lowest BCUT2D eigenvalue weighted by Crippen LogP contribution is -2.34. The molecule has 1 unspecified atom stereocenters. The highest BCUT2D eigenvalue weighted by molar-refractivity contribution is 7.90. The maximum Gasteiger partial charge on any atom is 0.271 e. The van der Waals surface area contributed by atoms with Crippen molar-refractivity contribution in [2.75, 3.05) is 6.61 Å². The lowest BCUT2D eigenvalue weighted by Gasteiger charge is -2.13. The molecule has 1 N–H and O–H groups in total. The molecule has 0 saturated heterocycles. The molecule has 0 bridgehead atoms. The smallest absolute Gasteiger partial charge is 0.271 e. The first-order valence-corrected chi connectivity index (χ1v) is 12.4. The van der Waals surface area contributed by atoms with Crippen molar-refractivity contribution < 1.29 is 22.7 Å². The number of hydrogen-bond donors (Lipinski definition) is 1. The van der Waals surface area contributed by atoms with Gasteiger partial charge in [0, 0.05) is 23.1 Å². The fraction of sp³-hybridized carbons (Fsp3) is 0.261. The lowest BCUT2D eigenvalue weighted by atomic mass is 9.97. The highest BCUT2D eigenvalue weighted by atomic mass is 32.2. The first kappa shape index (κ1) is 22.2. The van der Waals surface area contributed by atoms with Crippen LogP contribution >= 0.6 is 11.3 Å². The van der Waals surface area contributed by atoms with Crippen LogP contribution in [-0.2, 0) is 14.8 Å². The number of Topliss-reactive ketones (excluding diaryl/α,β-unsaturated/α-hetero) is 1. The molecule has 1 aliphatic rings. The van der Waals surface area contributed by atoms with E-state index in [-0.39, 0.29) is 16.6 Å². The summed E-state index contributed by atoms with van der Waals surface area (Å²) in [5.74, 6) is -0.473. The van der Waals surface area contributed by atoms with E-state index in [9.17, 15) is 18.0 Å². The van der Waals surface area contributed by atoms with Gasteiger partial charge in [-0.25, -0.2) is 18.1 Å². The average Bonchev–Trinajstić information content (AvgIpc) is 3.31. The van der Waals surface area contributed by atoms with E-state index in [1.807, 2.05) is 36.9 Å². The number of aryl methyl sites for hydroxylation is 2. The number of aromatic nitrogens is 1. The monoisotopic (exact) mass is 470 g/mol. The number of thiazole rings is 1. The molecule has 0 saturated carbocycles. The number of rotatable bonds is 6. The molecule has 166 valence electrons. The van der Waals surface area contributed by atoms with Crippen LogP contribution in [0.15, 0.2) is 46.7 Å². The summed E-state index contributed by atoms with van der Waals surface area (Å²) in [6, 6.07) is 9.73. The van der Waals surface area contributed by atoms with Crippen molar-refractivity contribution >= 4 is 33.1 Å². The van der Waals surface area contributed by atoms with E-state index in [1.165, 1.54) is 23.5 Å². The van der Waals surface area contributed by atoms with Crippen molar-refractivity contribution in [2.24, 2.45) is 0 Å². The fourth-order valence-electron chi connectivity index (χ4n) is 3.89. The van der Waals surface area contributed by atoms with Crippen molar-refractivity contribution in [3.05, 3.63) is 64.2 Å². The number of benzene rings is 2. The van der Waals surface area contributed by atoms with Crippen LogP contribution in [0.5, 0.6) is 5.75 Å². The number of ketones is 1. The van der Waals surface area contributed by atoms with Gasteiger partial charge in [-0.3, -0.25) is 9.59 Å². The number of carbonyl (C=O) groups excluding carboxylic acids is 2. The summed E-state index contributed by atoms with van der Waals surface area (Å²) in [6.07, 6.45) is 0.395. The van der Waals surface area contributed by atoms with Gasteiger partial charge in [-0.1, -0.05) is 25.1 Å². The second-order valence-corrected chi connectivity index (χ2v) is 10.4. The number of amides is 1. The number of fused-ring (bicyclic) bond motifs is 1. The third-order valence-corrected chi connectivity index (χ3v) is 7.69. The topological polar surface area (TPSA) is 102 Å². The van der Waals surface area contributed by atoms with Crippen molar-refractivity contribution in [2.45, 2.75) is 38.0 Å². The third-order valence-electron chi connectivity index (χ3n) is 5.31. The first-order chi connectivity index (χ1) is 15.2. The predicted octanol–water partition coefficient (Wildman–Crippen LogP) is 4.00. The van der Waals surface area contributed by atoms with Crippen molar-refractivity contribution in [1.82, 2.24) is 9.71 Å². The second kappa shape index (κ2) is 8.48. The van der Waals surface area contributed by atoms with E-state index < -0.39 is 22.5 Å². The number of nitrogens with zero attached hydrogens (tertiary/aromatic N) is 1. The molecule has 0 radical (unpaired) electrons. The number of carbonyl (C=O) groups is 2. The van der Waals surface area contributed by atoms with Crippen LogP contribution < -0.4 is 9.46 Å². The normalized spacial score (nSPS) is 15.5. The molecule has 1 atom stereocenters. The number of sulfonamides is 1. The molecule has 32 heavy (non-hydrogen) atoms. The number of nitrogens with one attached hydrogen (secondary N) is 1. The number of ether oxygens (including phenoxy) is 1. The molecule has 7 nitrogen and oxygen atoms in total. The molecule has 3 aromatic rings. The van der Waals surface area contributed by atoms with Crippen LogP contribution in [0.2, 0.25) is 0 Å². The highest BCUT2D eigenvalue weighted by Crippen LogP contribution is 2.40. The van der Waals surface area contributed by atoms with Crippen molar-refractivity contribution in [1.29, 1.82) is 0 Å². The molecule has 1 aromatic heterocycles. The molecule has 0 aliphatic heterocycles. The molecule has 4 rings (SSSR count). The van der Waals surface area contributed by atoms with E-state index in [4.69, 9.17) is 4.74 Å². The summed E-state index contributed by atoms with van der Waals surface area (Å²) >= 11 is 1.41.